The maximum Gasteiger partial charge on any atom is 0.123 e. The van der Waals surface area contributed by atoms with Crippen molar-refractivity contribution < 1.29 is 4.39 Å². The number of aryl methyl sites for hydroxylation is 1. The fourth-order valence-corrected chi connectivity index (χ4v) is 2.65. The van der Waals surface area contributed by atoms with E-state index in [1.807, 2.05) is 25.1 Å². The monoisotopic (exact) mass is 312 g/mol. The molecule has 1 unspecified atom stereocenters. The molecule has 0 bridgehead atoms. The lowest BCUT2D eigenvalue weighted by Gasteiger charge is -2.19. The topological polar surface area (TPSA) is 38.0 Å². The van der Waals surface area contributed by atoms with Crippen molar-refractivity contribution in [2.75, 3.05) is 0 Å². The predicted molar refractivity (Wildman–Crippen MR) is 81.4 cm³/mol. The Labute approximate surface area is 127 Å². The van der Waals surface area contributed by atoms with Crippen LogP contribution in [0.15, 0.2) is 36.4 Å². The van der Waals surface area contributed by atoms with E-state index < -0.39 is 0 Å². The van der Waals surface area contributed by atoms with Crippen molar-refractivity contribution in [3.63, 3.8) is 0 Å². The standard InChI is InChI=1S/C15H15Cl2FN2/c1-9-2-4-12(14(17)6-9)15(20-19)8-10-7-11(18)3-5-13(10)16/h2-7,15,20H,8,19H2,1H3. The van der Waals surface area contributed by atoms with E-state index in [4.69, 9.17) is 29.0 Å². The van der Waals surface area contributed by atoms with Crippen LogP contribution in [0.3, 0.4) is 0 Å². The molecule has 20 heavy (non-hydrogen) atoms. The Morgan fingerprint density at radius 1 is 1.15 bits per heavy atom. The molecule has 5 heteroatoms. The van der Waals surface area contributed by atoms with Gasteiger partial charge in [0.25, 0.3) is 0 Å². The maximum absolute atomic E-state index is 13.3. The van der Waals surface area contributed by atoms with Crippen molar-refractivity contribution in [2.45, 2.75) is 19.4 Å². The van der Waals surface area contributed by atoms with E-state index in [-0.39, 0.29) is 11.9 Å². The van der Waals surface area contributed by atoms with E-state index in [9.17, 15) is 4.39 Å². The molecule has 0 aliphatic heterocycles. The Kier molecular flexibility index (Phi) is 5.00. The van der Waals surface area contributed by atoms with Crippen molar-refractivity contribution in [1.29, 1.82) is 0 Å². The third-order valence-electron chi connectivity index (χ3n) is 3.16. The Morgan fingerprint density at radius 3 is 2.55 bits per heavy atom. The smallest absolute Gasteiger partial charge is 0.123 e. The van der Waals surface area contributed by atoms with Gasteiger partial charge in [-0.1, -0.05) is 35.3 Å². The van der Waals surface area contributed by atoms with Crippen molar-refractivity contribution in [3.05, 3.63) is 69.0 Å². The van der Waals surface area contributed by atoms with Crippen molar-refractivity contribution >= 4 is 23.2 Å². The molecule has 2 rings (SSSR count). The fraction of sp³-hybridized carbons (Fsp3) is 0.200. The molecule has 106 valence electrons. The minimum absolute atomic E-state index is 0.234. The van der Waals surface area contributed by atoms with E-state index >= 15 is 0 Å². The van der Waals surface area contributed by atoms with E-state index in [0.717, 1.165) is 11.1 Å². The molecular weight excluding hydrogens is 298 g/mol. The molecule has 2 aromatic rings. The summed E-state index contributed by atoms with van der Waals surface area (Å²) in [5.74, 6) is 5.28. The first-order valence-electron chi connectivity index (χ1n) is 6.17. The number of nitrogens with two attached hydrogens (primary N) is 1. The van der Waals surface area contributed by atoms with Crippen LogP contribution in [0, 0.1) is 12.7 Å². The van der Waals surface area contributed by atoms with E-state index in [1.54, 1.807) is 0 Å². The van der Waals surface area contributed by atoms with E-state index in [0.29, 0.717) is 22.0 Å². The summed E-state index contributed by atoms with van der Waals surface area (Å²) in [6, 6.07) is 9.78. The summed E-state index contributed by atoms with van der Waals surface area (Å²) in [6.45, 7) is 1.96. The van der Waals surface area contributed by atoms with Crippen LogP contribution in [-0.4, -0.2) is 0 Å². The van der Waals surface area contributed by atoms with E-state index in [1.165, 1.54) is 18.2 Å². The molecule has 0 aliphatic carbocycles. The third-order valence-corrected chi connectivity index (χ3v) is 3.86. The van der Waals surface area contributed by atoms with Gasteiger partial charge in [-0.2, -0.15) is 0 Å². The van der Waals surface area contributed by atoms with Gasteiger partial charge in [-0.05, 0) is 54.3 Å². The van der Waals surface area contributed by atoms with Crippen LogP contribution in [0.2, 0.25) is 10.0 Å². The minimum atomic E-state index is -0.324. The first-order valence-corrected chi connectivity index (χ1v) is 6.93. The van der Waals surface area contributed by atoms with Gasteiger partial charge in [0.1, 0.15) is 5.82 Å². The summed E-state index contributed by atoms with van der Waals surface area (Å²) in [6.07, 6.45) is 0.454. The van der Waals surface area contributed by atoms with E-state index in [2.05, 4.69) is 5.43 Å². The average molecular weight is 313 g/mol. The normalized spacial score (nSPS) is 12.4. The molecule has 2 nitrogen and oxygen atoms in total. The van der Waals surface area contributed by atoms with Crippen LogP contribution in [0.25, 0.3) is 0 Å². The molecule has 1 atom stereocenters. The van der Waals surface area contributed by atoms with Crippen LogP contribution < -0.4 is 11.3 Å². The highest BCUT2D eigenvalue weighted by Crippen LogP contribution is 2.28. The number of hydrazine groups is 1. The zero-order chi connectivity index (χ0) is 14.7. The molecule has 0 fully saturated rings. The molecule has 0 heterocycles. The number of hydrogen-bond acceptors (Lipinski definition) is 2. The van der Waals surface area contributed by atoms with Crippen molar-refractivity contribution in [2.24, 2.45) is 5.84 Å². The Morgan fingerprint density at radius 2 is 1.90 bits per heavy atom. The SMILES string of the molecule is Cc1ccc(C(Cc2cc(F)ccc2Cl)NN)c(Cl)c1. The summed E-state index contributed by atoms with van der Waals surface area (Å²) >= 11 is 12.3. The molecule has 0 saturated heterocycles. The Balaban J connectivity index is 2.31. The van der Waals surface area contributed by atoms with Gasteiger partial charge in [-0.15, -0.1) is 0 Å². The minimum Gasteiger partial charge on any atom is -0.271 e. The number of nitrogens with one attached hydrogen (secondary N) is 1. The maximum atomic E-state index is 13.3. The van der Waals surface area contributed by atoms with Crippen LogP contribution in [0.4, 0.5) is 4.39 Å². The molecule has 0 saturated carbocycles. The lowest BCUT2D eigenvalue weighted by Crippen LogP contribution is -2.30. The van der Waals surface area contributed by atoms with Crippen molar-refractivity contribution in [1.82, 2.24) is 5.43 Å². The van der Waals surface area contributed by atoms with Crippen LogP contribution >= 0.6 is 23.2 Å². The Hall–Kier alpha value is -1.13. The number of rotatable bonds is 4. The van der Waals surface area contributed by atoms with Gasteiger partial charge >= 0.3 is 0 Å². The zero-order valence-electron chi connectivity index (χ0n) is 11.0. The van der Waals surface area contributed by atoms with Gasteiger partial charge in [-0.3, -0.25) is 11.3 Å². The van der Waals surface area contributed by atoms with Crippen LogP contribution in [0.5, 0.6) is 0 Å². The number of benzene rings is 2. The highest BCUT2D eigenvalue weighted by atomic mass is 35.5. The molecule has 3 N–H and O–H groups in total. The fourth-order valence-electron chi connectivity index (χ4n) is 2.09. The van der Waals surface area contributed by atoms with Gasteiger partial charge in [0.2, 0.25) is 0 Å². The predicted octanol–water partition coefficient (Wildman–Crippen LogP) is 4.19. The van der Waals surface area contributed by atoms with Crippen LogP contribution in [-0.2, 0) is 6.42 Å². The highest BCUT2D eigenvalue weighted by molar-refractivity contribution is 6.31. The first-order chi connectivity index (χ1) is 9.51. The lowest BCUT2D eigenvalue weighted by molar-refractivity contribution is 0.548. The van der Waals surface area contributed by atoms with Crippen LogP contribution in [0.1, 0.15) is 22.7 Å². The third kappa shape index (κ3) is 3.49. The van der Waals surface area contributed by atoms with Gasteiger partial charge < -0.3 is 0 Å². The molecule has 2 aromatic carbocycles. The van der Waals surface area contributed by atoms with Gasteiger partial charge in [0.15, 0.2) is 0 Å². The quantitative estimate of drug-likeness (QED) is 0.656. The number of hydrogen-bond donors (Lipinski definition) is 2. The molecule has 0 aromatic heterocycles. The summed E-state index contributed by atoms with van der Waals surface area (Å²) in [7, 11) is 0. The van der Waals surface area contributed by atoms with Gasteiger partial charge in [0.05, 0.1) is 6.04 Å². The van der Waals surface area contributed by atoms with Gasteiger partial charge in [-0.25, -0.2) is 4.39 Å². The number of halogens is 3. The summed E-state index contributed by atoms with van der Waals surface area (Å²) < 4.78 is 13.3. The first kappa shape index (κ1) is 15.3. The zero-order valence-corrected chi connectivity index (χ0v) is 12.5. The van der Waals surface area contributed by atoms with Gasteiger partial charge in [0, 0.05) is 10.0 Å². The largest absolute Gasteiger partial charge is 0.271 e. The second-order valence-electron chi connectivity index (χ2n) is 4.68. The van der Waals surface area contributed by atoms with Crippen molar-refractivity contribution in [3.8, 4) is 0 Å². The second kappa shape index (κ2) is 6.55. The Bertz CT molecular complexity index is 617. The lowest BCUT2D eigenvalue weighted by atomic mass is 9.98. The molecular formula is C15H15Cl2FN2. The summed E-state index contributed by atoms with van der Waals surface area (Å²) in [5, 5.41) is 1.13. The summed E-state index contributed by atoms with van der Waals surface area (Å²) in [4.78, 5) is 0. The summed E-state index contributed by atoms with van der Waals surface area (Å²) in [5.41, 5.74) is 5.32. The molecule has 0 spiro atoms. The second-order valence-corrected chi connectivity index (χ2v) is 5.50. The molecule has 0 aliphatic rings. The highest BCUT2D eigenvalue weighted by Gasteiger charge is 2.16. The molecule has 0 radical (unpaired) electrons. The molecule has 0 amide bonds. The average Bonchev–Trinajstić information content (AvgIpc) is 2.40.